The van der Waals surface area contributed by atoms with E-state index >= 15 is 0 Å². The van der Waals surface area contributed by atoms with Crippen LogP contribution in [0.1, 0.15) is 5.56 Å². The maximum absolute atomic E-state index is 11.8. The fourth-order valence-corrected chi connectivity index (χ4v) is 2.12. The number of hydrogen-bond donors (Lipinski definition) is 1. The van der Waals surface area contributed by atoms with Gasteiger partial charge in [-0.3, -0.25) is 15.4 Å². The molecule has 25 heavy (non-hydrogen) atoms. The fourth-order valence-electron chi connectivity index (χ4n) is 2.12. The molecule has 0 spiro atoms. The van der Waals surface area contributed by atoms with Gasteiger partial charge in [0.1, 0.15) is 19.0 Å². The third-order valence-corrected chi connectivity index (χ3v) is 3.37. The van der Waals surface area contributed by atoms with Crippen molar-refractivity contribution in [3.05, 3.63) is 82.7 Å². The molecule has 3 aromatic rings. The summed E-state index contributed by atoms with van der Waals surface area (Å²) in [6.07, 6.45) is 1.93. The first-order valence-electron chi connectivity index (χ1n) is 7.39. The third-order valence-electron chi connectivity index (χ3n) is 3.37. The standard InChI is InChI=1S/C17H14N4O4/c22-17(25-12-13-4-2-1-3-5-13)19-14-6-8-15(9-7-14)20-11-16(10-18-20)21(23)24/h1-11H,12H2,(H,19,22). The predicted octanol–water partition coefficient (Wildman–Crippen LogP) is 3.53. The minimum Gasteiger partial charge on any atom is -0.444 e. The van der Waals surface area contributed by atoms with Crippen LogP contribution in [0.3, 0.4) is 0 Å². The highest BCUT2D eigenvalue weighted by atomic mass is 16.6. The Kier molecular flexibility index (Phi) is 4.70. The van der Waals surface area contributed by atoms with Crippen LogP contribution in [-0.2, 0) is 11.3 Å². The van der Waals surface area contributed by atoms with Gasteiger partial charge in [0.05, 0.1) is 10.6 Å². The SMILES string of the molecule is O=C(Nc1ccc(-n2cc([N+](=O)[O-])cn2)cc1)OCc1ccccc1. The second-order valence-electron chi connectivity index (χ2n) is 5.13. The number of ether oxygens (including phenoxy) is 1. The average molecular weight is 338 g/mol. The van der Waals surface area contributed by atoms with Gasteiger partial charge in [0.25, 0.3) is 0 Å². The molecular formula is C17H14N4O4. The van der Waals surface area contributed by atoms with Crippen LogP contribution in [0.15, 0.2) is 67.0 Å². The average Bonchev–Trinajstić information content (AvgIpc) is 3.12. The normalized spacial score (nSPS) is 10.2. The number of carbonyl (C=O) groups is 1. The van der Waals surface area contributed by atoms with Gasteiger partial charge in [-0.1, -0.05) is 30.3 Å². The Morgan fingerprint density at radius 3 is 2.52 bits per heavy atom. The molecule has 0 saturated heterocycles. The molecule has 0 saturated carbocycles. The van der Waals surface area contributed by atoms with Crippen molar-refractivity contribution in [1.29, 1.82) is 0 Å². The summed E-state index contributed by atoms with van der Waals surface area (Å²) >= 11 is 0. The van der Waals surface area contributed by atoms with E-state index in [4.69, 9.17) is 4.74 Å². The lowest BCUT2D eigenvalue weighted by Gasteiger charge is -2.08. The fraction of sp³-hybridized carbons (Fsp3) is 0.0588. The molecule has 1 amide bonds. The molecule has 0 aliphatic heterocycles. The van der Waals surface area contributed by atoms with Crippen LogP contribution in [0.5, 0.6) is 0 Å². The molecule has 0 unspecified atom stereocenters. The molecule has 3 rings (SSSR count). The van der Waals surface area contributed by atoms with Crippen LogP contribution in [0.4, 0.5) is 16.2 Å². The number of anilines is 1. The van der Waals surface area contributed by atoms with E-state index in [1.54, 1.807) is 24.3 Å². The Bertz CT molecular complexity index is 875. The summed E-state index contributed by atoms with van der Waals surface area (Å²) < 4.78 is 6.52. The third kappa shape index (κ3) is 4.20. The number of nitrogens with one attached hydrogen (secondary N) is 1. The van der Waals surface area contributed by atoms with Crippen LogP contribution < -0.4 is 5.32 Å². The quantitative estimate of drug-likeness (QED) is 0.567. The van der Waals surface area contributed by atoms with E-state index in [0.717, 1.165) is 5.56 Å². The van der Waals surface area contributed by atoms with Crippen molar-refractivity contribution in [3.8, 4) is 5.69 Å². The summed E-state index contributed by atoms with van der Waals surface area (Å²) in [7, 11) is 0. The zero-order chi connectivity index (χ0) is 17.6. The molecule has 8 nitrogen and oxygen atoms in total. The van der Waals surface area contributed by atoms with E-state index in [2.05, 4.69) is 10.4 Å². The first-order valence-corrected chi connectivity index (χ1v) is 7.39. The minimum atomic E-state index is -0.564. The molecule has 1 heterocycles. The maximum Gasteiger partial charge on any atom is 0.411 e. The highest BCUT2D eigenvalue weighted by molar-refractivity contribution is 5.84. The van der Waals surface area contributed by atoms with E-state index in [9.17, 15) is 14.9 Å². The number of aromatic nitrogens is 2. The molecule has 0 atom stereocenters. The van der Waals surface area contributed by atoms with Crippen LogP contribution in [-0.4, -0.2) is 20.8 Å². The van der Waals surface area contributed by atoms with Crippen LogP contribution in [0, 0.1) is 10.1 Å². The summed E-state index contributed by atoms with van der Waals surface area (Å²) in [6.45, 7) is 0.182. The Balaban J connectivity index is 1.58. The van der Waals surface area contributed by atoms with Crippen molar-refractivity contribution in [3.63, 3.8) is 0 Å². The topological polar surface area (TPSA) is 99.3 Å². The number of amides is 1. The Morgan fingerprint density at radius 2 is 1.88 bits per heavy atom. The molecule has 0 aliphatic carbocycles. The van der Waals surface area contributed by atoms with Crippen molar-refractivity contribution >= 4 is 17.5 Å². The Labute approximate surface area is 142 Å². The van der Waals surface area contributed by atoms with Crippen molar-refractivity contribution in [1.82, 2.24) is 9.78 Å². The molecule has 126 valence electrons. The van der Waals surface area contributed by atoms with Crippen molar-refractivity contribution < 1.29 is 14.5 Å². The number of nitrogens with zero attached hydrogens (tertiary/aromatic N) is 3. The molecule has 0 bridgehead atoms. The summed E-state index contributed by atoms with van der Waals surface area (Å²) in [5, 5.41) is 17.2. The van der Waals surface area contributed by atoms with Gasteiger partial charge >= 0.3 is 11.8 Å². The Morgan fingerprint density at radius 1 is 1.16 bits per heavy atom. The zero-order valence-corrected chi connectivity index (χ0v) is 13.0. The number of benzene rings is 2. The van der Waals surface area contributed by atoms with E-state index in [0.29, 0.717) is 11.4 Å². The van der Waals surface area contributed by atoms with Crippen molar-refractivity contribution in [2.24, 2.45) is 0 Å². The van der Waals surface area contributed by atoms with Gasteiger partial charge < -0.3 is 4.74 Å². The molecule has 0 radical (unpaired) electrons. The summed E-state index contributed by atoms with van der Waals surface area (Å²) in [6, 6.07) is 16.0. The summed E-state index contributed by atoms with van der Waals surface area (Å²) in [4.78, 5) is 22.0. The van der Waals surface area contributed by atoms with Gasteiger partial charge in [0, 0.05) is 5.69 Å². The largest absolute Gasteiger partial charge is 0.444 e. The highest BCUT2D eigenvalue weighted by Gasteiger charge is 2.10. The van der Waals surface area contributed by atoms with E-state index in [1.807, 2.05) is 30.3 Å². The predicted molar refractivity (Wildman–Crippen MR) is 90.5 cm³/mol. The lowest BCUT2D eigenvalue weighted by Crippen LogP contribution is -2.13. The smallest absolute Gasteiger partial charge is 0.411 e. The van der Waals surface area contributed by atoms with E-state index in [1.165, 1.54) is 17.1 Å². The number of nitro groups is 1. The molecule has 0 aliphatic rings. The number of rotatable bonds is 5. The first kappa shape index (κ1) is 16.2. The maximum atomic E-state index is 11.8. The van der Waals surface area contributed by atoms with E-state index < -0.39 is 11.0 Å². The van der Waals surface area contributed by atoms with Gasteiger partial charge in [0.2, 0.25) is 0 Å². The molecular weight excluding hydrogens is 324 g/mol. The van der Waals surface area contributed by atoms with Gasteiger partial charge in [-0.25, -0.2) is 9.48 Å². The van der Waals surface area contributed by atoms with Crippen molar-refractivity contribution in [2.45, 2.75) is 6.61 Å². The molecule has 2 aromatic carbocycles. The Hall–Kier alpha value is -3.68. The molecule has 0 fully saturated rings. The van der Waals surface area contributed by atoms with E-state index in [-0.39, 0.29) is 12.3 Å². The van der Waals surface area contributed by atoms with Crippen LogP contribution >= 0.6 is 0 Å². The number of carbonyl (C=O) groups excluding carboxylic acids is 1. The van der Waals surface area contributed by atoms with Crippen LogP contribution in [0.2, 0.25) is 0 Å². The lowest BCUT2D eigenvalue weighted by atomic mass is 10.2. The van der Waals surface area contributed by atoms with Crippen LogP contribution in [0.25, 0.3) is 5.69 Å². The van der Waals surface area contributed by atoms with Gasteiger partial charge in [0.15, 0.2) is 0 Å². The monoisotopic (exact) mass is 338 g/mol. The summed E-state index contributed by atoms with van der Waals surface area (Å²) in [5.74, 6) is 0. The van der Waals surface area contributed by atoms with Gasteiger partial charge in [-0.05, 0) is 29.8 Å². The molecule has 1 aromatic heterocycles. The molecule has 8 heteroatoms. The second-order valence-corrected chi connectivity index (χ2v) is 5.13. The van der Waals surface area contributed by atoms with Crippen molar-refractivity contribution in [2.75, 3.05) is 5.32 Å². The van der Waals surface area contributed by atoms with Gasteiger partial charge in [-0.15, -0.1) is 0 Å². The summed E-state index contributed by atoms with van der Waals surface area (Å²) in [5.41, 5.74) is 1.99. The first-order chi connectivity index (χ1) is 12.1. The minimum absolute atomic E-state index is 0.0910. The second kappa shape index (κ2) is 7.26. The van der Waals surface area contributed by atoms with Gasteiger partial charge in [-0.2, -0.15) is 5.10 Å². The lowest BCUT2D eigenvalue weighted by molar-refractivity contribution is -0.384. The highest BCUT2D eigenvalue weighted by Crippen LogP contribution is 2.16. The number of hydrogen-bond acceptors (Lipinski definition) is 5. The molecule has 1 N–H and O–H groups in total. The zero-order valence-electron chi connectivity index (χ0n) is 13.0.